The number of pyridine rings is 1. The Morgan fingerprint density at radius 1 is 1.44 bits per heavy atom. The number of ether oxygens (including phenoxy) is 1. The van der Waals surface area contributed by atoms with E-state index in [1.165, 1.54) is 10.9 Å². The first-order chi connectivity index (χ1) is 8.86. The van der Waals surface area contributed by atoms with Crippen LogP contribution in [-0.4, -0.2) is 29.8 Å². The molecule has 0 saturated heterocycles. The van der Waals surface area contributed by atoms with E-state index < -0.39 is 0 Å². The molecule has 0 atom stereocenters. The lowest BCUT2D eigenvalue weighted by atomic mass is 10.2. The van der Waals surface area contributed by atoms with E-state index >= 15 is 0 Å². The lowest BCUT2D eigenvalue weighted by molar-refractivity contribution is 0.199. The molecule has 0 aliphatic heterocycles. The van der Waals surface area contributed by atoms with Gasteiger partial charge in [0.2, 0.25) is 0 Å². The van der Waals surface area contributed by atoms with Crippen LogP contribution in [0.5, 0.6) is 0 Å². The monoisotopic (exact) mass is 247 g/mol. The second-order valence-corrected chi connectivity index (χ2v) is 4.39. The van der Waals surface area contributed by atoms with Gasteiger partial charge in [-0.15, -0.1) is 0 Å². The summed E-state index contributed by atoms with van der Waals surface area (Å²) in [7, 11) is 1.72. The lowest BCUT2D eigenvalue weighted by Gasteiger charge is -2.02. The summed E-state index contributed by atoms with van der Waals surface area (Å²) in [5.41, 5.74) is 2.39. The van der Waals surface area contributed by atoms with Gasteiger partial charge in [0.1, 0.15) is 5.65 Å². The van der Waals surface area contributed by atoms with Crippen molar-refractivity contribution in [2.45, 2.75) is 26.4 Å². The van der Waals surface area contributed by atoms with E-state index in [4.69, 9.17) is 4.74 Å². The molecular weight excluding hydrogens is 226 g/mol. The quantitative estimate of drug-likeness (QED) is 0.762. The molecule has 0 spiro atoms. The second-order valence-electron chi connectivity index (χ2n) is 4.39. The standard InChI is InChI=1S/C14H21N3O/c1-3-8-17-11-12(10-15-7-9-18-2)13-5-4-6-16-14(13)17/h4-6,11,15H,3,7-10H2,1-2H3. The Kier molecular flexibility index (Phi) is 4.73. The van der Waals surface area contributed by atoms with Crippen LogP contribution in [-0.2, 0) is 17.8 Å². The Hall–Kier alpha value is -1.39. The maximum absolute atomic E-state index is 5.03. The van der Waals surface area contributed by atoms with E-state index in [1.807, 2.05) is 12.3 Å². The molecule has 1 N–H and O–H groups in total. The van der Waals surface area contributed by atoms with Gasteiger partial charge < -0.3 is 14.6 Å². The smallest absolute Gasteiger partial charge is 0.140 e. The number of rotatable bonds is 7. The number of aromatic nitrogens is 2. The van der Waals surface area contributed by atoms with Crippen molar-refractivity contribution in [3.05, 3.63) is 30.1 Å². The predicted molar refractivity (Wildman–Crippen MR) is 73.6 cm³/mol. The Morgan fingerprint density at radius 2 is 2.33 bits per heavy atom. The number of methoxy groups -OCH3 is 1. The number of nitrogens with one attached hydrogen (secondary N) is 1. The summed E-state index contributed by atoms with van der Waals surface area (Å²) in [6.07, 6.45) is 5.19. The molecule has 2 heterocycles. The fraction of sp³-hybridized carbons (Fsp3) is 0.500. The Balaban J connectivity index is 2.16. The second kappa shape index (κ2) is 6.52. The maximum atomic E-state index is 5.03. The fourth-order valence-corrected chi connectivity index (χ4v) is 2.14. The van der Waals surface area contributed by atoms with Crippen LogP contribution in [0, 0.1) is 0 Å². The minimum Gasteiger partial charge on any atom is -0.383 e. The van der Waals surface area contributed by atoms with Crippen molar-refractivity contribution in [1.82, 2.24) is 14.9 Å². The minimum absolute atomic E-state index is 0.742. The van der Waals surface area contributed by atoms with E-state index in [1.54, 1.807) is 7.11 Å². The first kappa shape index (κ1) is 13.1. The molecule has 2 aromatic heterocycles. The summed E-state index contributed by atoms with van der Waals surface area (Å²) in [6.45, 7) is 5.68. The Bertz CT molecular complexity index is 493. The molecule has 0 aliphatic rings. The van der Waals surface area contributed by atoms with Crippen LogP contribution >= 0.6 is 0 Å². The van der Waals surface area contributed by atoms with Crippen LogP contribution in [0.4, 0.5) is 0 Å². The normalized spacial score (nSPS) is 11.2. The van der Waals surface area contributed by atoms with Crippen molar-refractivity contribution in [3.63, 3.8) is 0 Å². The molecule has 0 saturated carbocycles. The first-order valence-electron chi connectivity index (χ1n) is 6.49. The third kappa shape index (κ3) is 2.89. The molecule has 0 aromatic carbocycles. The van der Waals surface area contributed by atoms with Gasteiger partial charge in [-0.05, 0) is 24.1 Å². The highest BCUT2D eigenvalue weighted by atomic mass is 16.5. The molecule has 4 nitrogen and oxygen atoms in total. The summed E-state index contributed by atoms with van der Waals surface area (Å²) in [4.78, 5) is 4.48. The zero-order valence-corrected chi connectivity index (χ0v) is 11.1. The van der Waals surface area contributed by atoms with Gasteiger partial charge in [0, 0.05) is 44.5 Å². The van der Waals surface area contributed by atoms with Gasteiger partial charge in [-0.3, -0.25) is 0 Å². The van der Waals surface area contributed by atoms with Gasteiger partial charge in [-0.1, -0.05) is 6.92 Å². The zero-order chi connectivity index (χ0) is 12.8. The summed E-state index contributed by atoms with van der Waals surface area (Å²) in [5, 5.41) is 4.63. The van der Waals surface area contributed by atoms with Crippen LogP contribution in [0.15, 0.2) is 24.5 Å². The molecular formula is C14H21N3O. The summed E-state index contributed by atoms with van der Waals surface area (Å²) < 4.78 is 7.27. The molecule has 0 fully saturated rings. The average Bonchev–Trinajstić information content (AvgIpc) is 2.74. The Labute approximate surface area is 108 Å². The van der Waals surface area contributed by atoms with Gasteiger partial charge in [-0.25, -0.2) is 4.98 Å². The van der Waals surface area contributed by atoms with Crippen molar-refractivity contribution in [2.24, 2.45) is 0 Å². The molecule has 0 aliphatic carbocycles. The van der Waals surface area contributed by atoms with Gasteiger partial charge in [0.05, 0.1) is 6.61 Å². The van der Waals surface area contributed by atoms with E-state index in [2.05, 4.69) is 34.1 Å². The van der Waals surface area contributed by atoms with Crippen molar-refractivity contribution < 1.29 is 4.74 Å². The first-order valence-corrected chi connectivity index (χ1v) is 6.49. The molecule has 2 aromatic rings. The molecule has 0 bridgehead atoms. The highest BCUT2D eigenvalue weighted by Crippen LogP contribution is 2.19. The number of aryl methyl sites for hydroxylation is 1. The van der Waals surface area contributed by atoms with Crippen molar-refractivity contribution in [3.8, 4) is 0 Å². The van der Waals surface area contributed by atoms with Crippen molar-refractivity contribution >= 4 is 11.0 Å². The number of nitrogens with zero attached hydrogens (tertiary/aromatic N) is 2. The summed E-state index contributed by atoms with van der Waals surface area (Å²) >= 11 is 0. The topological polar surface area (TPSA) is 39.1 Å². The highest BCUT2D eigenvalue weighted by molar-refractivity contribution is 5.80. The van der Waals surface area contributed by atoms with E-state index in [9.17, 15) is 0 Å². The molecule has 0 amide bonds. The number of hydrogen-bond donors (Lipinski definition) is 1. The third-order valence-electron chi connectivity index (χ3n) is 2.98. The van der Waals surface area contributed by atoms with E-state index in [0.717, 1.165) is 38.3 Å². The fourth-order valence-electron chi connectivity index (χ4n) is 2.14. The average molecular weight is 247 g/mol. The van der Waals surface area contributed by atoms with Crippen LogP contribution in [0.3, 0.4) is 0 Å². The summed E-state index contributed by atoms with van der Waals surface area (Å²) in [6, 6.07) is 4.14. The van der Waals surface area contributed by atoms with Crippen LogP contribution < -0.4 is 5.32 Å². The minimum atomic E-state index is 0.742. The van der Waals surface area contributed by atoms with Gasteiger partial charge in [0.25, 0.3) is 0 Å². The largest absolute Gasteiger partial charge is 0.383 e. The van der Waals surface area contributed by atoms with Crippen molar-refractivity contribution in [1.29, 1.82) is 0 Å². The molecule has 2 rings (SSSR count). The molecule has 0 unspecified atom stereocenters. The van der Waals surface area contributed by atoms with Gasteiger partial charge in [-0.2, -0.15) is 0 Å². The Morgan fingerprint density at radius 3 is 3.11 bits per heavy atom. The SMILES string of the molecule is CCCn1cc(CNCCOC)c2cccnc21. The predicted octanol–water partition coefficient (Wildman–Crippen LogP) is 2.18. The highest BCUT2D eigenvalue weighted by Gasteiger charge is 2.07. The lowest BCUT2D eigenvalue weighted by Crippen LogP contribution is -2.18. The van der Waals surface area contributed by atoms with Gasteiger partial charge >= 0.3 is 0 Å². The summed E-state index contributed by atoms with van der Waals surface area (Å²) in [5.74, 6) is 0. The van der Waals surface area contributed by atoms with Crippen LogP contribution in [0.1, 0.15) is 18.9 Å². The molecule has 0 radical (unpaired) electrons. The van der Waals surface area contributed by atoms with E-state index in [0.29, 0.717) is 0 Å². The zero-order valence-electron chi connectivity index (χ0n) is 11.1. The van der Waals surface area contributed by atoms with Gasteiger partial charge in [0.15, 0.2) is 0 Å². The van der Waals surface area contributed by atoms with Crippen molar-refractivity contribution in [2.75, 3.05) is 20.3 Å². The molecule has 18 heavy (non-hydrogen) atoms. The number of hydrogen-bond acceptors (Lipinski definition) is 3. The maximum Gasteiger partial charge on any atom is 0.140 e. The van der Waals surface area contributed by atoms with E-state index in [-0.39, 0.29) is 0 Å². The third-order valence-corrected chi connectivity index (χ3v) is 2.98. The molecule has 98 valence electrons. The number of fused-ring (bicyclic) bond motifs is 1. The van der Waals surface area contributed by atoms with Crippen LogP contribution in [0.25, 0.3) is 11.0 Å². The van der Waals surface area contributed by atoms with Crippen LogP contribution in [0.2, 0.25) is 0 Å². The molecule has 4 heteroatoms.